The minimum atomic E-state index is -2.47. The monoisotopic (exact) mass is 567 g/mol. The third-order valence-electron chi connectivity index (χ3n) is 8.92. The lowest BCUT2D eigenvalue weighted by Crippen LogP contribution is -2.74. The molecule has 12 nitrogen and oxygen atoms in total. The van der Waals surface area contributed by atoms with Gasteiger partial charge in [0.1, 0.15) is 5.76 Å². The Hall–Kier alpha value is -3.97. The standard InChI is InChI=1S/C29H29NO11/c1-30-12-11-28-19-15-7-8-16(31)23(19)40-24(28)17(9-10-29(28,38)18(30)13-15)39-27(37)22(14-5-3-2-4-6-14)41-26(36)21(33)20(32)25(34)35/h2-9,18,20-22,24,31-33,38H,10-13H2,1H3,(H,34,35)/t18-,20?,21?,22?,24+,28+,29-/m1/s1. The van der Waals surface area contributed by atoms with Crippen molar-refractivity contribution < 1.29 is 54.1 Å². The predicted octanol–water partition coefficient (Wildman–Crippen LogP) is 0.304. The molecule has 2 aliphatic heterocycles. The highest BCUT2D eigenvalue weighted by Gasteiger charge is 2.72. The maximum absolute atomic E-state index is 13.6. The van der Waals surface area contributed by atoms with E-state index in [1.165, 1.54) is 12.1 Å². The van der Waals surface area contributed by atoms with Crippen molar-refractivity contribution >= 4 is 17.9 Å². The third kappa shape index (κ3) is 3.86. The SMILES string of the molecule is CN1CC[C@]23c4c5ccc(O)c4O[C@H]2C(OC(=O)C(OC(=O)C(O)C(O)C(=O)O)c2ccccc2)=CC[C@@]3(O)[C@H]1C5. The zero-order valence-corrected chi connectivity index (χ0v) is 22.0. The number of carboxylic acid groups (broad SMARTS) is 1. The first-order valence-electron chi connectivity index (χ1n) is 13.2. The van der Waals surface area contributed by atoms with Crippen molar-refractivity contribution in [3.05, 3.63) is 71.0 Å². The molecule has 2 bridgehead atoms. The van der Waals surface area contributed by atoms with E-state index in [1.54, 1.807) is 30.3 Å². The summed E-state index contributed by atoms with van der Waals surface area (Å²) in [5, 5.41) is 51.4. The van der Waals surface area contributed by atoms with Crippen molar-refractivity contribution in [1.29, 1.82) is 0 Å². The van der Waals surface area contributed by atoms with Crippen LogP contribution in [0.15, 0.2) is 54.3 Å². The number of aliphatic hydroxyl groups excluding tert-OH is 2. The van der Waals surface area contributed by atoms with E-state index < -0.39 is 53.3 Å². The zero-order valence-electron chi connectivity index (χ0n) is 22.0. The number of likely N-dealkylation sites (tertiary alicyclic amines) is 1. The molecule has 2 aromatic rings. The minimum absolute atomic E-state index is 0.0644. The van der Waals surface area contributed by atoms with E-state index in [4.69, 9.17) is 19.3 Å². The highest BCUT2D eigenvalue weighted by Crippen LogP contribution is 2.65. The van der Waals surface area contributed by atoms with Gasteiger partial charge in [-0.05, 0) is 44.1 Å². The average Bonchev–Trinajstić information content (AvgIpc) is 3.32. The molecule has 0 aromatic heterocycles. The molecule has 12 heteroatoms. The summed E-state index contributed by atoms with van der Waals surface area (Å²) in [5.41, 5.74) is -0.503. The van der Waals surface area contributed by atoms with Crippen molar-refractivity contribution in [2.45, 2.75) is 60.7 Å². The number of carbonyl (C=O) groups excluding carboxylic acids is 2. The summed E-state index contributed by atoms with van der Waals surface area (Å²) in [4.78, 5) is 39.3. The number of rotatable bonds is 7. The van der Waals surface area contributed by atoms with Crippen LogP contribution in [0.25, 0.3) is 0 Å². The van der Waals surface area contributed by atoms with Crippen molar-refractivity contribution in [2.24, 2.45) is 0 Å². The number of phenols is 1. The Morgan fingerprint density at radius 1 is 1.07 bits per heavy atom. The summed E-state index contributed by atoms with van der Waals surface area (Å²) in [6, 6.07) is 10.9. The lowest BCUT2D eigenvalue weighted by Gasteiger charge is -2.61. The molecule has 0 saturated carbocycles. The predicted molar refractivity (Wildman–Crippen MR) is 138 cm³/mol. The number of hydrogen-bond acceptors (Lipinski definition) is 11. The second-order valence-corrected chi connectivity index (χ2v) is 11.0. The molecular formula is C29H29NO11. The summed E-state index contributed by atoms with van der Waals surface area (Å²) in [5.74, 6) is -4.26. The molecule has 4 aliphatic rings. The van der Waals surface area contributed by atoms with Gasteiger partial charge in [0.25, 0.3) is 0 Å². The number of aliphatic hydroxyl groups is 3. The van der Waals surface area contributed by atoms with Crippen LogP contribution in [0, 0.1) is 0 Å². The fourth-order valence-corrected chi connectivity index (χ4v) is 6.94. The number of hydrogen-bond donors (Lipinski definition) is 5. The lowest BCUT2D eigenvalue weighted by molar-refractivity contribution is -0.183. The summed E-state index contributed by atoms with van der Waals surface area (Å²) in [7, 11) is 1.94. The van der Waals surface area contributed by atoms with Crippen LogP contribution in [0.2, 0.25) is 0 Å². The van der Waals surface area contributed by atoms with Gasteiger partial charge in [-0.2, -0.15) is 0 Å². The molecule has 2 heterocycles. The molecule has 7 atom stereocenters. The quantitative estimate of drug-likeness (QED) is 0.289. The topological polar surface area (TPSA) is 183 Å². The molecule has 0 amide bonds. The molecule has 216 valence electrons. The van der Waals surface area contributed by atoms with Gasteiger partial charge in [0, 0.05) is 23.6 Å². The van der Waals surface area contributed by atoms with Gasteiger partial charge in [0.2, 0.25) is 6.10 Å². The Morgan fingerprint density at radius 3 is 2.51 bits per heavy atom. The zero-order chi connectivity index (χ0) is 29.3. The first-order valence-corrected chi connectivity index (χ1v) is 13.2. The van der Waals surface area contributed by atoms with Crippen molar-refractivity contribution in [3.63, 3.8) is 0 Å². The van der Waals surface area contributed by atoms with Gasteiger partial charge in [0.15, 0.2) is 29.8 Å². The van der Waals surface area contributed by atoms with Crippen LogP contribution < -0.4 is 4.74 Å². The van der Waals surface area contributed by atoms with E-state index in [2.05, 4.69) is 4.90 Å². The Labute approximate surface area is 234 Å². The number of ether oxygens (including phenoxy) is 3. The van der Waals surface area contributed by atoms with Gasteiger partial charge < -0.3 is 44.6 Å². The van der Waals surface area contributed by atoms with Crippen LogP contribution in [-0.4, -0.2) is 91.9 Å². The smallest absolute Gasteiger partial charge is 0.357 e. The van der Waals surface area contributed by atoms with Gasteiger partial charge in [-0.15, -0.1) is 0 Å². The summed E-state index contributed by atoms with van der Waals surface area (Å²) in [6.45, 7) is 0.622. The molecule has 2 aliphatic carbocycles. The Bertz CT molecular complexity index is 1460. The number of nitrogens with zero attached hydrogens (tertiary/aromatic N) is 1. The molecule has 1 fully saturated rings. The summed E-state index contributed by atoms with van der Waals surface area (Å²) < 4.78 is 17.3. The van der Waals surface area contributed by atoms with E-state index in [0.29, 0.717) is 24.9 Å². The van der Waals surface area contributed by atoms with Crippen LogP contribution in [0.4, 0.5) is 0 Å². The van der Waals surface area contributed by atoms with Crippen LogP contribution in [0.1, 0.15) is 35.6 Å². The average molecular weight is 568 g/mol. The fourth-order valence-electron chi connectivity index (χ4n) is 6.94. The molecule has 0 radical (unpaired) electrons. The van der Waals surface area contributed by atoms with Crippen LogP contribution in [-0.2, 0) is 35.7 Å². The number of likely N-dealkylation sites (N-methyl/N-ethyl adjacent to an activating group) is 1. The van der Waals surface area contributed by atoms with E-state index in [0.717, 1.165) is 5.56 Å². The van der Waals surface area contributed by atoms with Gasteiger partial charge in [-0.3, -0.25) is 0 Å². The number of piperidine rings is 1. The number of carboxylic acids is 1. The van der Waals surface area contributed by atoms with Crippen molar-refractivity contribution in [2.75, 3.05) is 13.6 Å². The number of aromatic hydroxyl groups is 1. The highest BCUT2D eigenvalue weighted by atomic mass is 16.6. The molecule has 2 aromatic carbocycles. The number of carbonyl (C=O) groups is 3. The van der Waals surface area contributed by atoms with E-state index in [-0.39, 0.29) is 35.3 Å². The van der Waals surface area contributed by atoms with Crippen LogP contribution >= 0.6 is 0 Å². The van der Waals surface area contributed by atoms with E-state index in [9.17, 15) is 34.8 Å². The van der Waals surface area contributed by atoms with Gasteiger partial charge in [0.05, 0.1) is 11.0 Å². The number of aliphatic carboxylic acids is 1. The van der Waals surface area contributed by atoms with Gasteiger partial charge in [-0.25, -0.2) is 14.4 Å². The summed E-state index contributed by atoms with van der Waals surface area (Å²) in [6.07, 6.45) is -4.95. The molecular weight excluding hydrogens is 538 g/mol. The largest absolute Gasteiger partial charge is 0.504 e. The molecule has 3 unspecified atom stereocenters. The van der Waals surface area contributed by atoms with Crippen molar-refractivity contribution in [3.8, 4) is 11.5 Å². The Balaban J connectivity index is 1.35. The second-order valence-electron chi connectivity index (χ2n) is 11.0. The minimum Gasteiger partial charge on any atom is -0.504 e. The van der Waals surface area contributed by atoms with Gasteiger partial charge >= 0.3 is 17.9 Å². The number of esters is 2. The lowest BCUT2D eigenvalue weighted by atomic mass is 9.50. The first kappa shape index (κ1) is 27.2. The first-order chi connectivity index (χ1) is 19.5. The maximum Gasteiger partial charge on any atom is 0.357 e. The molecule has 41 heavy (non-hydrogen) atoms. The fraction of sp³-hybridized carbons (Fsp3) is 0.414. The number of benzene rings is 2. The highest BCUT2D eigenvalue weighted by molar-refractivity contribution is 5.87. The van der Waals surface area contributed by atoms with Gasteiger partial charge in [-0.1, -0.05) is 36.4 Å². The molecule has 6 rings (SSSR count). The molecule has 1 spiro atoms. The Kier molecular flexibility index (Phi) is 6.34. The van der Waals surface area contributed by atoms with Crippen LogP contribution in [0.5, 0.6) is 11.5 Å². The van der Waals surface area contributed by atoms with E-state index in [1.807, 2.05) is 13.1 Å². The van der Waals surface area contributed by atoms with E-state index >= 15 is 0 Å². The maximum atomic E-state index is 13.6. The third-order valence-corrected chi connectivity index (χ3v) is 8.92. The van der Waals surface area contributed by atoms with Crippen molar-refractivity contribution in [1.82, 2.24) is 4.90 Å². The van der Waals surface area contributed by atoms with Crippen LogP contribution in [0.3, 0.4) is 0 Å². The normalized spacial score (nSPS) is 29.7. The second kappa shape index (κ2) is 9.55. The molecule has 1 saturated heterocycles. The Morgan fingerprint density at radius 2 is 1.80 bits per heavy atom. The molecule has 5 N–H and O–H groups in total. The summed E-state index contributed by atoms with van der Waals surface area (Å²) >= 11 is 0. The number of phenolic OH excluding ortho intramolecular Hbond substituents is 1.